The number of hydrogen-bond acceptors (Lipinski definition) is 6. The van der Waals surface area contributed by atoms with Crippen LogP contribution in [0, 0.1) is 5.92 Å². The maximum absolute atomic E-state index is 5.81. The fraction of sp³-hybridized carbons (Fsp3) is 0.727. The number of anilines is 1. The van der Waals surface area contributed by atoms with Crippen molar-refractivity contribution in [1.82, 2.24) is 15.0 Å². The highest BCUT2D eigenvalue weighted by Gasteiger charge is 2.40. The largest absolute Gasteiger partial charge is 0.374 e. The molecule has 4 atom stereocenters. The molecular formula is C11H18N4OS. The van der Waals surface area contributed by atoms with Crippen LogP contribution in [0.3, 0.4) is 0 Å². The third-order valence-electron chi connectivity index (χ3n) is 3.37. The Hall–Kier alpha value is -0.880. The molecule has 6 heteroatoms. The second-order valence-corrected chi connectivity index (χ2v) is 5.24. The van der Waals surface area contributed by atoms with Gasteiger partial charge in [-0.25, -0.2) is 4.98 Å². The maximum atomic E-state index is 5.81. The topological polar surface area (TPSA) is 73.9 Å². The standard InChI is InChI=1S/C11H18N4OS/c1-5-6(2)16-7(3)8(5)9-13-10(12)15-11(14-9)17-4/h5-8H,1-4H3,(H2,12,13,14,15). The molecule has 1 aliphatic heterocycles. The number of aromatic nitrogens is 3. The Balaban J connectivity index is 2.36. The first-order valence-electron chi connectivity index (χ1n) is 5.73. The summed E-state index contributed by atoms with van der Waals surface area (Å²) in [5, 5.41) is 0.673. The van der Waals surface area contributed by atoms with E-state index in [2.05, 4.69) is 35.7 Å². The maximum Gasteiger partial charge on any atom is 0.224 e. The van der Waals surface area contributed by atoms with Crippen molar-refractivity contribution in [2.75, 3.05) is 12.0 Å². The van der Waals surface area contributed by atoms with Crippen LogP contribution in [0.4, 0.5) is 5.95 Å². The number of thioether (sulfide) groups is 1. The molecule has 1 aliphatic rings. The Morgan fingerprint density at radius 2 is 1.82 bits per heavy atom. The van der Waals surface area contributed by atoms with Crippen molar-refractivity contribution in [1.29, 1.82) is 0 Å². The number of nitrogens with two attached hydrogens (primary N) is 1. The number of nitrogen functional groups attached to an aromatic ring is 1. The summed E-state index contributed by atoms with van der Waals surface area (Å²) in [7, 11) is 0. The molecule has 1 aromatic rings. The van der Waals surface area contributed by atoms with Gasteiger partial charge < -0.3 is 10.5 Å². The molecule has 0 amide bonds. The molecule has 2 heterocycles. The quantitative estimate of drug-likeness (QED) is 0.810. The molecule has 1 fully saturated rings. The van der Waals surface area contributed by atoms with Crippen LogP contribution in [0.15, 0.2) is 5.16 Å². The predicted octanol–water partition coefficient (Wildman–Crippen LogP) is 1.70. The molecule has 0 saturated carbocycles. The van der Waals surface area contributed by atoms with Gasteiger partial charge >= 0.3 is 0 Å². The summed E-state index contributed by atoms with van der Waals surface area (Å²) in [6.45, 7) is 6.31. The van der Waals surface area contributed by atoms with Crippen LogP contribution in [0.25, 0.3) is 0 Å². The fourth-order valence-electron chi connectivity index (χ4n) is 2.34. The van der Waals surface area contributed by atoms with Gasteiger partial charge in [0.25, 0.3) is 0 Å². The summed E-state index contributed by atoms with van der Waals surface area (Å²) in [4.78, 5) is 12.8. The Morgan fingerprint density at radius 1 is 1.12 bits per heavy atom. The molecule has 0 aliphatic carbocycles. The summed E-state index contributed by atoms with van der Waals surface area (Å²) >= 11 is 1.48. The zero-order chi connectivity index (χ0) is 12.6. The number of ether oxygens (including phenoxy) is 1. The van der Waals surface area contributed by atoms with Crippen molar-refractivity contribution in [3.8, 4) is 0 Å². The molecule has 5 nitrogen and oxygen atoms in total. The van der Waals surface area contributed by atoms with E-state index in [9.17, 15) is 0 Å². The summed E-state index contributed by atoms with van der Waals surface area (Å²) < 4.78 is 5.81. The summed E-state index contributed by atoms with van der Waals surface area (Å²) in [5.41, 5.74) is 5.71. The molecule has 94 valence electrons. The van der Waals surface area contributed by atoms with Gasteiger partial charge in [-0.1, -0.05) is 18.7 Å². The summed E-state index contributed by atoms with van der Waals surface area (Å²) in [6.07, 6.45) is 2.28. The van der Waals surface area contributed by atoms with E-state index < -0.39 is 0 Å². The van der Waals surface area contributed by atoms with E-state index in [1.54, 1.807) is 0 Å². The van der Waals surface area contributed by atoms with Crippen LogP contribution in [-0.2, 0) is 4.74 Å². The van der Waals surface area contributed by atoms with Crippen LogP contribution in [0.2, 0.25) is 0 Å². The number of nitrogens with zero attached hydrogens (tertiary/aromatic N) is 3. The van der Waals surface area contributed by atoms with Crippen LogP contribution in [0.1, 0.15) is 32.5 Å². The van der Waals surface area contributed by atoms with E-state index in [1.807, 2.05) is 6.26 Å². The monoisotopic (exact) mass is 254 g/mol. The Bertz CT molecular complexity index is 414. The van der Waals surface area contributed by atoms with E-state index in [0.29, 0.717) is 17.0 Å². The second kappa shape index (κ2) is 4.78. The highest BCUT2D eigenvalue weighted by molar-refractivity contribution is 7.98. The second-order valence-electron chi connectivity index (χ2n) is 4.47. The van der Waals surface area contributed by atoms with Crippen molar-refractivity contribution in [3.05, 3.63) is 5.82 Å². The minimum atomic E-state index is 0.122. The molecule has 0 bridgehead atoms. The normalized spacial score (nSPS) is 32.9. The van der Waals surface area contributed by atoms with Crippen LogP contribution in [-0.4, -0.2) is 33.4 Å². The molecule has 2 rings (SSSR count). The SMILES string of the molecule is CSc1nc(N)nc(C2C(C)OC(C)C2C)n1. The Labute approximate surface area is 106 Å². The van der Waals surface area contributed by atoms with Crippen molar-refractivity contribution < 1.29 is 4.74 Å². The lowest BCUT2D eigenvalue weighted by atomic mass is 9.89. The van der Waals surface area contributed by atoms with Crippen molar-refractivity contribution in [3.63, 3.8) is 0 Å². The molecule has 4 unspecified atom stereocenters. The van der Waals surface area contributed by atoms with Crippen LogP contribution < -0.4 is 5.73 Å². The van der Waals surface area contributed by atoms with Crippen molar-refractivity contribution in [2.45, 2.75) is 44.1 Å². The summed E-state index contributed by atoms with van der Waals surface area (Å²) in [5.74, 6) is 1.63. The predicted molar refractivity (Wildman–Crippen MR) is 67.9 cm³/mol. The Kier molecular flexibility index (Phi) is 3.53. The molecule has 0 spiro atoms. The van der Waals surface area contributed by atoms with Crippen LogP contribution >= 0.6 is 11.8 Å². The fourth-order valence-corrected chi connectivity index (χ4v) is 2.71. The van der Waals surface area contributed by atoms with E-state index >= 15 is 0 Å². The number of rotatable bonds is 2. The lowest BCUT2D eigenvalue weighted by Crippen LogP contribution is -2.19. The minimum Gasteiger partial charge on any atom is -0.374 e. The van der Waals surface area contributed by atoms with Gasteiger partial charge in [-0.05, 0) is 26.0 Å². The molecule has 17 heavy (non-hydrogen) atoms. The molecule has 2 N–H and O–H groups in total. The third-order valence-corrected chi connectivity index (χ3v) is 3.92. The van der Waals surface area contributed by atoms with Gasteiger partial charge in [0.1, 0.15) is 5.82 Å². The van der Waals surface area contributed by atoms with Gasteiger partial charge in [-0.15, -0.1) is 0 Å². The molecule has 1 aromatic heterocycles. The zero-order valence-corrected chi connectivity index (χ0v) is 11.4. The first-order chi connectivity index (χ1) is 8.02. The first kappa shape index (κ1) is 12.6. The lowest BCUT2D eigenvalue weighted by Gasteiger charge is -2.17. The highest BCUT2D eigenvalue weighted by atomic mass is 32.2. The van der Waals surface area contributed by atoms with E-state index in [0.717, 1.165) is 5.82 Å². The average Bonchev–Trinajstić information content (AvgIpc) is 2.52. The Morgan fingerprint density at radius 3 is 2.35 bits per heavy atom. The average molecular weight is 254 g/mol. The van der Waals surface area contributed by atoms with Gasteiger partial charge in [-0.3, -0.25) is 0 Å². The third kappa shape index (κ3) is 2.37. The van der Waals surface area contributed by atoms with Gasteiger partial charge in [0.15, 0.2) is 5.16 Å². The zero-order valence-electron chi connectivity index (χ0n) is 10.5. The molecule has 0 radical (unpaired) electrons. The van der Waals surface area contributed by atoms with Gasteiger partial charge in [-0.2, -0.15) is 9.97 Å². The minimum absolute atomic E-state index is 0.122. The smallest absolute Gasteiger partial charge is 0.224 e. The number of hydrogen-bond donors (Lipinski definition) is 1. The molecule has 0 aromatic carbocycles. The van der Waals surface area contributed by atoms with Crippen molar-refractivity contribution in [2.24, 2.45) is 5.92 Å². The summed E-state index contributed by atoms with van der Waals surface area (Å²) in [6, 6.07) is 0. The van der Waals surface area contributed by atoms with Crippen LogP contribution in [0.5, 0.6) is 0 Å². The van der Waals surface area contributed by atoms with Gasteiger partial charge in [0.2, 0.25) is 5.95 Å². The highest BCUT2D eigenvalue weighted by Crippen LogP contribution is 2.38. The first-order valence-corrected chi connectivity index (χ1v) is 6.96. The van der Waals surface area contributed by atoms with Gasteiger partial charge in [0, 0.05) is 0 Å². The molecular weight excluding hydrogens is 236 g/mol. The molecule has 1 saturated heterocycles. The van der Waals surface area contributed by atoms with Crippen molar-refractivity contribution >= 4 is 17.7 Å². The van der Waals surface area contributed by atoms with E-state index in [4.69, 9.17) is 10.5 Å². The van der Waals surface area contributed by atoms with Gasteiger partial charge in [0.05, 0.1) is 18.1 Å². The van der Waals surface area contributed by atoms with E-state index in [1.165, 1.54) is 11.8 Å². The lowest BCUT2D eigenvalue weighted by molar-refractivity contribution is 0.0553. The van der Waals surface area contributed by atoms with E-state index in [-0.39, 0.29) is 18.1 Å².